The molecule has 5 heteroatoms. The highest BCUT2D eigenvalue weighted by Gasteiger charge is 2.08. The lowest BCUT2D eigenvalue weighted by Gasteiger charge is -1.98. The van der Waals surface area contributed by atoms with E-state index in [1.807, 2.05) is 18.2 Å². The molecule has 2 rings (SSSR count). The monoisotopic (exact) mass is 233 g/mol. The molecule has 0 aliphatic rings. The highest BCUT2D eigenvalue weighted by molar-refractivity contribution is 5.09. The van der Waals surface area contributed by atoms with Crippen molar-refractivity contribution in [1.82, 2.24) is 15.1 Å². The standard InChI is InChI=1S/C12H15N3O2/c1-9(16)5-6-12-14-11(15-17-12)8-10-4-2-3-7-13-10/h2-4,7,9,16H,5-6,8H2,1H3. The average molecular weight is 233 g/mol. The molecule has 0 aliphatic heterocycles. The van der Waals surface area contributed by atoms with Gasteiger partial charge in [0.2, 0.25) is 5.89 Å². The first-order valence-electron chi connectivity index (χ1n) is 5.63. The minimum absolute atomic E-state index is 0.346. The molecule has 0 saturated heterocycles. The highest BCUT2D eigenvalue weighted by atomic mass is 16.5. The lowest BCUT2D eigenvalue weighted by Crippen LogP contribution is -2.01. The molecule has 0 spiro atoms. The largest absolute Gasteiger partial charge is 0.393 e. The normalized spacial score (nSPS) is 12.6. The van der Waals surface area contributed by atoms with Crippen LogP contribution in [0.2, 0.25) is 0 Å². The van der Waals surface area contributed by atoms with E-state index in [0.717, 1.165) is 5.69 Å². The Morgan fingerprint density at radius 1 is 1.41 bits per heavy atom. The maximum Gasteiger partial charge on any atom is 0.226 e. The first kappa shape index (κ1) is 11.7. The molecule has 1 N–H and O–H groups in total. The van der Waals surface area contributed by atoms with Crippen LogP contribution in [0.5, 0.6) is 0 Å². The van der Waals surface area contributed by atoms with Crippen molar-refractivity contribution in [3.05, 3.63) is 41.8 Å². The van der Waals surface area contributed by atoms with E-state index in [1.165, 1.54) is 0 Å². The maximum absolute atomic E-state index is 9.16. The second-order valence-corrected chi connectivity index (χ2v) is 3.99. The molecule has 0 amide bonds. The van der Waals surface area contributed by atoms with Crippen molar-refractivity contribution in [2.24, 2.45) is 0 Å². The van der Waals surface area contributed by atoms with Crippen molar-refractivity contribution in [2.45, 2.75) is 32.3 Å². The van der Waals surface area contributed by atoms with Gasteiger partial charge in [0.25, 0.3) is 0 Å². The van der Waals surface area contributed by atoms with Crippen LogP contribution in [-0.2, 0) is 12.8 Å². The summed E-state index contributed by atoms with van der Waals surface area (Å²) in [7, 11) is 0. The van der Waals surface area contributed by atoms with Gasteiger partial charge >= 0.3 is 0 Å². The van der Waals surface area contributed by atoms with Gasteiger partial charge in [-0.1, -0.05) is 11.2 Å². The molecule has 0 saturated carbocycles. The summed E-state index contributed by atoms with van der Waals surface area (Å²) in [6.45, 7) is 1.74. The van der Waals surface area contributed by atoms with Gasteiger partial charge in [0.1, 0.15) is 0 Å². The zero-order valence-corrected chi connectivity index (χ0v) is 9.71. The molecule has 5 nitrogen and oxygen atoms in total. The smallest absolute Gasteiger partial charge is 0.226 e. The number of aryl methyl sites for hydroxylation is 1. The summed E-state index contributed by atoms with van der Waals surface area (Å²) >= 11 is 0. The number of aliphatic hydroxyl groups is 1. The molecule has 1 atom stereocenters. The van der Waals surface area contributed by atoms with Gasteiger partial charge in [0, 0.05) is 18.3 Å². The van der Waals surface area contributed by atoms with Crippen LogP contribution in [0.25, 0.3) is 0 Å². The average Bonchev–Trinajstić information content (AvgIpc) is 2.75. The molecule has 90 valence electrons. The van der Waals surface area contributed by atoms with E-state index in [1.54, 1.807) is 13.1 Å². The Kier molecular flexibility index (Phi) is 3.82. The number of nitrogens with zero attached hydrogens (tertiary/aromatic N) is 3. The van der Waals surface area contributed by atoms with Crippen LogP contribution in [0.1, 0.15) is 30.8 Å². The molecular formula is C12H15N3O2. The lowest BCUT2D eigenvalue weighted by atomic mass is 10.2. The van der Waals surface area contributed by atoms with Gasteiger partial charge in [-0.3, -0.25) is 4.98 Å². The van der Waals surface area contributed by atoms with E-state index in [9.17, 15) is 0 Å². The van der Waals surface area contributed by atoms with Crippen LogP contribution in [0.3, 0.4) is 0 Å². The SMILES string of the molecule is CC(O)CCc1nc(Cc2ccccn2)no1. The van der Waals surface area contributed by atoms with Gasteiger partial charge in [-0.15, -0.1) is 0 Å². The topological polar surface area (TPSA) is 72.0 Å². The summed E-state index contributed by atoms with van der Waals surface area (Å²) in [5.74, 6) is 1.20. The zero-order valence-electron chi connectivity index (χ0n) is 9.71. The van der Waals surface area contributed by atoms with E-state index in [2.05, 4.69) is 15.1 Å². The molecule has 0 aromatic carbocycles. The summed E-state index contributed by atoms with van der Waals surface area (Å²) in [6.07, 6.45) is 3.20. The first-order valence-corrected chi connectivity index (χ1v) is 5.63. The van der Waals surface area contributed by atoms with Crippen molar-refractivity contribution in [1.29, 1.82) is 0 Å². The first-order chi connectivity index (χ1) is 8.24. The van der Waals surface area contributed by atoms with Crippen LogP contribution in [-0.4, -0.2) is 26.3 Å². The summed E-state index contributed by atoms with van der Waals surface area (Å²) in [5, 5.41) is 13.0. The second kappa shape index (κ2) is 5.54. The summed E-state index contributed by atoms with van der Waals surface area (Å²) in [6, 6.07) is 5.72. The van der Waals surface area contributed by atoms with Crippen molar-refractivity contribution in [3.8, 4) is 0 Å². The molecule has 2 heterocycles. The quantitative estimate of drug-likeness (QED) is 0.844. The number of aromatic nitrogens is 3. The van der Waals surface area contributed by atoms with Crippen LogP contribution in [0.4, 0.5) is 0 Å². The Morgan fingerprint density at radius 2 is 2.29 bits per heavy atom. The molecule has 1 unspecified atom stereocenters. The highest BCUT2D eigenvalue weighted by Crippen LogP contribution is 2.06. The lowest BCUT2D eigenvalue weighted by molar-refractivity contribution is 0.180. The fourth-order valence-corrected chi connectivity index (χ4v) is 1.46. The third-order valence-electron chi connectivity index (χ3n) is 2.35. The molecule has 0 bridgehead atoms. The van der Waals surface area contributed by atoms with Crippen molar-refractivity contribution >= 4 is 0 Å². The number of hydrogen-bond acceptors (Lipinski definition) is 5. The van der Waals surface area contributed by atoms with Crippen molar-refractivity contribution in [3.63, 3.8) is 0 Å². The van der Waals surface area contributed by atoms with Crippen LogP contribution >= 0.6 is 0 Å². The third-order valence-corrected chi connectivity index (χ3v) is 2.35. The Morgan fingerprint density at radius 3 is 3.00 bits per heavy atom. The third kappa shape index (κ3) is 3.64. The molecule has 0 fully saturated rings. The van der Waals surface area contributed by atoms with Gasteiger partial charge in [-0.25, -0.2) is 0 Å². The van der Waals surface area contributed by atoms with E-state index in [-0.39, 0.29) is 6.10 Å². The number of aliphatic hydroxyl groups excluding tert-OH is 1. The summed E-state index contributed by atoms with van der Waals surface area (Å²) < 4.78 is 5.09. The summed E-state index contributed by atoms with van der Waals surface area (Å²) in [5.41, 5.74) is 0.912. The number of rotatable bonds is 5. The maximum atomic E-state index is 9.16. The van der Waals surface area contributed by atoms with Gasteiger partial charge < -0.3 is 9.63 Å². The van der Waals surface area contributed by atoms with Crippen molar-refractivity contribution in [2.75, 3.05) is 0 Å². The number of hydrogen-bond donors (Lipinski definition) is 1. The molecular weight excluding hydrogens is 218 g/mol. The van der Waals surface area contributed by atoms with Crippen LogP contribution in [0.15, 0.2) is 28.9 Å². The molecule has 2 aromatic rings. The Bertz CT molecular complexity index is 454. The Hall–Kier alpha value is -1.75. The van der Waals surface area contributed by atoms with E-state index in [4.69, 9.17) is 9.63 Å². The van der Waals surface area contributed by atoms with E-state index in [0.29, 0.717) is 31.0 Å². The summed E-state index contributed by atoms with van der Waals surface area (Å²) in [4.78, 5) is 8.44. The van der Waals surface area contributed by atoms with Gasteiger partial charge in [0.05, 0.1) is 12.5 Å². The fraction of sp³-hybridized carbons (Fsp3) is 0.417. The number of pyridine rings is 1. The molecule has 17 heavy (non-hydrogen) atoms. The Balaban J connectivity index is 1.94. The molecule has 0 radical (unpaired) electrons. The molecule has 2 aromatic heterocycles. The van der Waals surface area contributed by atoms with Gasteiger partial charge in [-0.2, -0.15) is 4.98 Å². The fourth-order valence-electron chi connectivity index (χ4n) is 1.46. The minimum Gasteiger partial charge on any atom is -0.393 e. The van der Waals surface area contributed by atoms with E-state index >= 15 is 0 Å². The predicted octanol–water partition coefficient (Wildman–Crippen LogP) is 1.37. The van der Waals surface area contributed by atoms with Crippen molar-refractivity contribution < 1.29 is 9.63 Å². The Labute approximate surface area is 99.5 Å². The minimum atomic E-state index is -0.346. The van der Waals surface area contributed by atoms with Gasteiger partial charge in [0.15, 0.2) is 5.82 Å². The second-order valence-electron chi connectivity index (χ2n) is 3.99. The zero-order chi connectivity index (χ0) is 12.1. The predicted molar refractivity (Wildman–Crippen MR) is 61.3 cm³/mol. The van der Waals surface area contributed by atoms with Gasteiger partial charge in [-0.05, 0) is 25.5 Å². The van der Waals surface area contributed by atoms with E-state index < -0.39 is 0 Å². The van der Waals surface area contributed by atoms with Crippen LogP contribution < -0.4 is 0 Å². The van der Waals surface area contributed by atoms with Crippen LogP contribution in [0, 0.1) is 0 Å². The molecule has 0 aliphatic carbocycles.